The standard InChI is InChI=1S/C11H17NO.C3H7NO2.HI/c1-12(2,3)9-8-10-4-6-11(13)7-5-10;1-4(2)3(5)6;/h4-7H,8-9H2,1-3H3;1-2H3,(H,5,6);1H. The van der Waals surface area contributed by atoms with Gasteiger partial charge >= 0.3 is 0 Å². The number of amides is 1. The van der Waals surface area contributed by atoms with E-state index in [-0.39, 0.29) is 24.0 Å². The van der Waals surface area contributed by atoms with Crippen molar-refractivity contribution in [2.45, 2.75) is 6.42 Å². The molecule has 0 bridgehead atoms. The van der Waals surface area contributed by atoms with Crippen molar-refractivity contribution in [2.75, 3.05) is 41.8 Å². The number of hydrogen-bond acceptors (Lipinski definition) is 3. The van der Waals surface area contributed by atoms with Crippen LogP contribution in [0.4, 0.5) is 4.79 Å². The monoisotopic (exact) mass is 396 g/mol. The van der Waals surface area contributed by atoms with Crippen molar-refractivity contribution in [3.8, 4) is 5.75 Å². The van der Waals surface area contributed by atoms with Gasteiger partial charge in [-0.3, -0.25) is 0 Å². The number of aromatic hydroxyl groups is 1. The van der Waals surface area contributed by atoms with Crippen molar-refractivity contribution in [1.82, 2.24) is 4.90 Å². The lowest BCUT2D eigenvalue weighted by Gasteiger charge is -2.23. The molecule has 0 unspecified atom stereocenters. The minimum atomic E-state index is -1.16. The number of carbonyl (C=O) groups is 1. The number of nitrogens with zero attached hydrogens (tertiary/aromatic N) is 2. The van der Waals surface area contributed by atoms with Gasteiger partial charge in [-0.05, 0) is 17.7 Å². The lowest BCUT2D eigenvalue weighted by atomic mass is 10.1. The number of quaternary nitrogens is 1. The first kappa shape index (κ1) is 21.3. The topological polar surface area (TPSA) is 63.6 Å². The van der Waals surface area contributed by atoms with Crippen LogP contribution in [0, 0.1) is 0 Å². The molecule has 0 aliphatic carbocycles. The third kappa shape index (κ3) is 12.0. The minimum Gasteiger partial charge on any atom is -0.530 e. The Morgan fingerprint density at radius 2 is 1.60 bits per heavy atom. The van der Waals surface area contributed by atoms with Crippen LogP contribution in [0.2, 0.25) is 0 Å². The number of halogens is 1. The van der Waals surface area contributed by atoms with Gasteiger partial charge in [0.2, 0.25) is 0 Å². The Hall–Kier alpha value is -1.02. The zero-order valence-electron chi connectivity index (χ0n) is 12.8. The van der Waals surface area contributed by atoms with Gasteiger partial charge < -0.3 is 24.4 Å². The van der Waals surface area contributed by atoms with Gasteiger partial charge in [0.25, 0.3) is 0 Å². The Labute approximate surface area is 138 Å². The van der Waals surface area contributed by atoms with Crippen molar-refractivity contribution < 1.29 is 19.5 Å². The molecule has 0 saturated carbocycles. The molecule has 0 spiro atoms. The molecular formula is C14H25IN2O3. The van der Waals surface area contributed by atoms with Crippen LogP contribution in [0.15, 0.2) is 24.3 Å². The summed E-state index contributed by atoms with van der Waals surface area (Å²) >= 11 is 0. The summed E-state index contributed by atoms with van der Waals surface area (Å²) in [5.74, 6) is 0.342. The van der Waals surface area contributed by atoms with Crippen LogP contribution in [0.3, 0.4) is 0 Å². The van der Waals surface area contributed by atoms with Crippen LogP contribution in [0.1, 0.15) is 5.56 Å². The molecule has 1 aromatic rings. The molecule has 0 fully saturated rings. The molecule has 0 radical (unpaired) electrons. The van der Waals surface area contributed by atoms with Crippen LogP contribution in [-0.2, 0) is 6.42 Å². The highest BCUT2D eigenvalue weighted by Crippen LogP contribution is 2.10. The smallest absolute Gasteiger partial charge is 0.136 e. The highest BCUT2D eigenvalue weighted by Gasteiger charge is 2.06. The first-order valence-corrected chi connectivity index (χ1v) is 6.08. The highest BCUT2D eigenvalue weighted by atomic mass is 127. The number of benzene rings is 1. The Balaban J connectivity index is 0. The molecule has 1 rings (SSSR count). The SMILES string of the molecule is CN(C)C(=O)[O-].C[N+](C)(C)CCc1ccc(O)cc1.I. The van der Waals surface area contributed by atoms with Crippen molar-refractivity contribution in [3.63, 3.8) is 0 Å². The van der Waals surface area contributed by atoms with E-state index in [2.05, 4.69) is 21.1 Å². The number of carboxylic acid groups (broad SMARTS) is 1. The second-order valence-corrected chi connectivity index (χ2v) is 5.59. The zero-order chi connectivity index (χ0) is 15.1. The number of phenolic OH excluding ortho intramolecular Hbond substituents is 1. The molecule has 1 N–H and O–H groups in total. The first-order chi connectivity index (χ1) is 8.61. The third-order valence-corrected chi connectivity index (χ3v) is 2.37. The summed E-state index contributed by atoms with van der Waals surface area (Å²) in [6.45, 7) is 1.12. The molecule has 116 valence electrons. The molecule has 0 atom stereocenters. The van der Waals surface area contributed by atoms with E-state index in [9.17, 15) is 9.90 Å². The molecule has 1 amide bonds. The Bertz CT molecular complexity index is 386. The van der Waals surface area contributed by atoms with Gasteiger partial charge in [-0.1, -0.05) is 12.1 Å². The van der Waals surface area contributed by atoms with E-state index in [1.165, 1.54) is 19.7 Å². The fraction of sp³-hybridized carbons (Fsp3) is 0.500. The zero-order valence-corrected chi connectivity index (χ0v) is 15.1. The van der Waals surface area contributed by atoms with Crippen molar-refractivity contribution >= 4 is 30.1 Å². The summed E-state index contributed by atoms with van der Waals surface area (Å²) in [6, 6.07) is 7.44. The van der Waals surface area contributed by atoms with Gasteiger partial charge in [-0.2, -0.15) is 0 Å². The second kappa shape index (κ2) is 9.82. The summed E-state index contributed by atoms with van der Waals surface area (Å²) < 4.78 is 0.973. The fourth-order valence-corrected chi connectivity index (χ4v) is 1.13. The number of carbonyl (C=O) groups excluding carboxylic acids is 1. The Kier molecular flexibility index (Phi) is 10.4. The molecule has 6 heteroatoms. The lowest BCUT2D eigenvalue weighted by Crippen LogP contribution is -2.36. The molecule has 1 aromatic carbocycles. The van der Waals surface area contributed by atoms with Gasteiger partial charge in [0.1, 0.15) is 11.8 Å². The summed E-state index contributed by atoms with van der Waals surface area (Å²) in [5, 5.41) is 18.6. The van der Waals surface area contributed by atoms with E-state index in [4.69, 9.17) is 5.11 Å². The predicted octanol–water partition coefficient (Wildman–Crippen LogP) is 1.15. The largest absolute Gasteiger partial charge is 0.530 e. The molecule has 0 heterocycles. The van der Waals surface area contributed by atoms with Crippen molar-refractivity contribution in [2.24, 2.45) is 0 Å². The van der Waals surface area contributed by atoms with E-state index in [1.807, 2.05) is 12.1 Å². The van der Waals surface area contributed by atoms with E-state index in [0.717, 1.165) is 22.3 Å². The van der Waals surface area contributed by atoms with Crippen LogP contribution in [-0.4, -0.2) is 62.4 Å². The fourth-order valence-electron chi connectivity index (χ4n) is 1.13. The van der Waals surface area contributed by atoms with Crippen LogP contribution in [0.5, 0.6) is 5.75 Å². The maximum Gasteiger partial charge on any atom is 0.136 e. The second-order valence-electron chi connectivity index (χ2n) is 5.59. The summed E-state index contributed by atoms with van der Waals surface area (Å²) in [5.41, 5.74) is 1.28. The van der Waals surface area contributed by atoms with Crippen LogP contribution in [0.25, 0.3) is 0 Å². The number of rotatable bonds is 3. The maximum atomic E-state index is 9.51. The maximum absolute atomic E-state index is 9.51. The number of hydrogen-bond donors (Lipinski definition) is 1. The van der Waals surface area contributed by atoms with Crippen molar-refractivity contribution in [1.29, 1.82) is 0 Å². The molecular weight excluding hydrogens is 371 g/mol. The van der Waals surface area contributed by atoms with Crippen LogP contribution >= 0.6 is 24.0 Å². The number of phenols is 1. The van der Waals surface area contributed by atoms with E-state index in [0.29, 0.717) is 5.75 Å². The molecule has 0 aliphatic heterocycles. The Morgan fingerprint density at radius 3 is 1.90 bits per heavy atom. The van der Waals surface area contributed by atoms with Crippen LogP contribution < -0.4 is 5.11 Å². The number of likely N-dealkylation sites (N-methyl/N-ethyl adjacent to an activating group) is 1. The van der Waals surface area contributed by atoms with Crippen molar-refractivity contribution in [3.05, 3.63) is 29.8 Å². The average Bonchev–Trinajstić information content (AvgIpc) is 2.28. The van der Waals surface area contributed by atoms with E-state index < -0.39 is 6.09 Å². The van der Waals surface area contributed by atoms with Gasteiger partial charge in [0, 0.05) is 20.5 Å². The first-order valence-electron chi connectivity index (χ1n) is 6.08. The Morgan fingerprint density at radius 1 is 1.20 bits per heavy atom. The molecule has 20 heavy (non-hydrogen) atoms. The molecule has 0 aromatic heterocycles. The minimum absolute atomic E-state index is 0. The van der Waals surface area contributed by atoms with E-state index >= 15 is 0 Å². The molecule has 0 aliphatic rings. The molecule has 0 saturated heterocycles. The summed E-state index contributed by atoms with van der Waals surface area (Å²) in [7, 11) is 9.37. The van der Waals surface area contributed by atoms with Gasteiger partial charge in [-0.15, -0.1) is 24.0 Å². The van der Waals surface area contributed by atoms with Gasteiger partial charge in [0.15, 0.2) is 0 Å². The normalized spacial score (nSPS) is 9.85. The summed E-state index contributed by atoms with van der Waals surface area (Å²) in [6.07, 6.45) is -0.0981. The van der Waals surface area contributed by atoms with Gasteiger partial charge in [0.05, 0.1) is 27.7 Å². The lowest BCUT2D eigenvalue weighted by molar-refractivity contribution is -0.870. The third-order valence-electron chi connectivity index (χ3n) is 2.37. The quantitative estimate of drug-likeness (QED) is 0.616. The highest BCUT2D eigenvalue weighted by molar-refractivity contribution is 14.0. The van der Waals surface area contributed by atoms with Gasteiger partial charge in [-0.25, -0.2) is 0 Å². The summed E-state index contributed by atoms with van der Waals surface area (Å²) in [4.78, 5) is 10.5. The predicted molar refractivity (Wildman–Crippen MR) is 89.2 cm³/mol. The molecule has 5 nitrogen and oxygen atoms in total. The average molecular weight is 396 g/mol. The van der Waals surface area contributed by atoms with E-state index in [1.54, 1.807) is 12.1 Å².